The fraction of sp³-hybridized carbons (Fsp3) is 0.462. The summed E-state index contributed by atoms with van der Waals surface area (Å²) in [6, 6.07) is 8.41. The molecule has 1 aromatic rings. The van der Waals surface area contributed by atoms with Gasteiger partial charge in [0.2, 0.25) is 0 Å². The van der Waals surface area contributed by atoms with Crippen molar-refractivity contribution >= 4 is 28.6 Å². The lowest BCUT2D eigenvalue weighted by Gasteiger charge is -2.34. The molecule has 1 aliphatic carbocycles. The van der Waals surface area contributed by atoms with E-state index in [0.29, 0.717) is 18.6 Å². The maximum atomic E-state index is 11.0. The third kappa shape index (κ3) is 3.67. The highest BCUT2D eigenvalue weighted by molar-refractivity contribution is 14.1. The quantitative estimate of drug-likeness (QED) is 0.659. The Balaban J connectivity index is 1.84. The molecule has 92 valence electrons. The summed E-state index contributed by atoms with van der Waals surface area (Å²) in [5, 5.41) is 0. The van der Waals surface area contributed by atoms with Crippen LogP contribution < -0.4 is 8.27 Å². The summed E-state index contributed by atoms with van der Waals surface area (Å²) in [7, 11) is 0. The van der Waals surface area contributed by atoms with E-state index in [1.807, 2.05) is 24.3 Å². The molecule has 2 rings (SSSR count). The van der Waals surface area contributed by atoms with Gasteiger partial charge in [-0.1, -0.05) is 12.1 Å². The molecule has 17 heavy (non-hydrogen) atoms. The Kier molecular flexibility index (Phi) is 4.39. The van der Waals surface area contributed by atoms with Gasteiger partial charge in [-0.3, -0.25) is 8.32 Å². The average Bonchev–Trinajstić information content (AvgIpc) is 2.24. The number of hydrogen-bond acceptors (Lipinski definition) is 3. The van der Waals surface area contributed by atoms with Gasteiger partial charge in [0, 0.05) is 48.2 Å². The molecule has 4 heteroatoms. The number of Topliss-reactive ketones (excluding diaryl/α,β-unsaturated/α-hetero) is 1. The first kappa shape index (κ1) is 12.8. The highest BCUT2D eigenvalue weighted by Crippen LogP contribution is 2.26. The minimum Gasteiger partial charge on any atom is -0.490 e. The van der Waals surface area contributed by atoms with Gasteiger partial charge in [0.25, 0.3) is 0 Å². The Labute approximate surface area is 115 Å². The molecule has 0 atom stereocenters. The average molecular weight is 345 g/mol. The summed E-state index contributed by atoms with van der Waals surface area (Å²) >= 11 is 2.18. The van der Waals surface area contributed by atoms with Crippen molar-refractivity contribution in [2.75, 3.05) is 0 Å². The Morgan fingerprint density at radius 2 is 2.06 bits per heavy atom. The molecular weight excluding hydrogens is 329 g/mol. The van der Waals surface area contributed by atoms with Crippen LogP contribution in [-0.2, 0) is 11.2 Å². The predicted molar refractivity (Wildman–Crippen MR) is 75.4 cm³/mol. The van der Waals surface area contributed by atoms with Crippen LogP contribution in [0.25, 0.3) is 0 Å². The number of ether oxygens (including phenoxy) is 1. The van der Waals surface area contributed by atoms with E-state index in [-0.39, 0.29) is 5.78 Å². The summed E-state index contributed by atoms with van der Waals surface area (Å²) in [5.74, 6) is 1.09. The lowest BCUT2D eigenvalue weighted by Crippen LogP contribution is -2.43. The first-order valence-electron chi connectivity index (χ1n) is 5.78. The fourth-order valence-corrected chi connectivity index (χ4v) is 2.43. The Morgan fingerprint density at radius 1 is 1.41 bits per heavy atom. The zero-order chi connectivity index (χ0) is 12.3. The first-order chi connectivity index (χ1) is 8.17. The van der Waals surface area contributed by atoms with Gasteiger partial charge in [0.15, 0.2) is 0 Å². The van der Waals surface area contributed by atoms with Crippen LogP contribution in [0.3, 0.4) is 0 Å². The Bertz CT molecular complexity index is 385. The van der Waals surface area contributed by atoms with E-state index < -0.39 is 0 Å². The molecule has 1 aliphatic rings. The molecule has 0 bridgehead atoms. The molecule has 1 fully saturated rings. The van der Waals surface area contributed by atoms with Crippen LogP contribution >= 0.6 is 22.9 Å². The maximum absolute atomic E-state index is 11.0. The van der Waals surface area contributed by atoms with E-state index in [2.05, 4.69) is 26.4 Å². The van der Waals surface area contributed by atoms with E-state index in [1.54, 1.807) is 6.92 Å². The van der Waals surface area contributed by atoms with Gasteiger partial charge in [-0.25, -0.2) is 0 Å². The van der Waals surface area contributed by atoms with Crippen LogP contribution in [-0.4, -0.2) is 17.9 Å². The summed E-state index contributed by atoms with van der Waals surface area (Å²) in [6.07, 6.45) is 2.97. The molecule has 1 saturated carbocycles. The van der Waals surface area contributed by atoms with E-state index in [9.17, 15) is 4.79 Å². The molecule has 0 aliphatic heterocycles. The number of nitrogens with one attached hydrogen (secondary N) is 1. The molecule has 0 saturated heterocycles. The van der Waals surface area contributed by atoms with E-state index in [4.69, 9.17) is 4.74 Å². The smallest absolute Gasteiger partial charge is 0.134 e. The second-order valence-electron chi connectivity index (χ2n) is 4.54. The SMILES string of the molecule is CC(=O)Cc1ccc(O[C@H]2C[C@H](NI)C2)cc1. The number of halogens is 1. The zero-order valence-electron chi connectivity index (χ0n) is 9.78. The number of hydrogen-bond donors (Lipinski definition) is 1. The second-order valence-corrected chi connectivity index (χ2v) is 5.16. The molecule has 0 amide bonds. The van der Waals surface area contributed by atoms with Crippen molar-refractivity contribution in [1.29, 1.82) is 0 Å². The van der Waals surface area contributed by atoms with Crippen LogP contribution in [0.15, 0.2) is 24.3 Å². The van der Waals surface area contributed by atoms with Gasteiger partial charge >= 0.3 is 0 Å². The van der Waals surface area contributed by atoms with Crippen molar-refractivity contribution in [2.24, 2.45) is 0 Å². The third-order valence-electron chi connectivity index (χ3n) is 2.93. The van der Waals surface area contributed by atoms with Crippen LogP contribution in [0.4, 0.5) is 0 Å². The van der Waals surface area contributed by atoms with Crippen molar-refractivity contribution in [3.8, 4) is 5.75 Å². The molecule has 0 radical (unpaired) electrons. The van der Waals surface area contributed by atoms with Gasteiger partial charge in [0.1, 0.15) is 17.6 Å². The third-order valence-corrected chi connectivity index (χ3v) is 3.81. The standard InChI is InChI=1S/C13H16INO2/c1-9(16)6-10-2-4-12(5-3-10)17-13-7-11(8-13)15-14/h2-5,11,13,15H,6-8H2,1H3/t11-,13-. The molecule has 1 aromatic carbocycles. The minimum atomic E-state index is 0.189. The molecule has 0 aromatic heterocycles. The van der Waals surface area contributed by atoms with Crippen molar-refractivity contribution in [2.45, 2.75) is 38.3 Å². The summed E-state index contributed by atoms with van der Waals surface area (Å²) in [6.45, 7) is 1.61. The molecule has 0 spiro atoms. The first-order valence-corrected chi connectivity index (χ1v) is 6.86. The van der Waals surface area contributed by atoms with Crippen molar-refractivity contribution in [3.05, 3.63) is 29.8 Å². The minimum absolute atomic E-state index is 0.189. The van der Waals surface area contributed by atoms with Crippen LogP contribution in [0.2, 0.25) is 0 Å². The maximum Gasteiger partial charge on any atom is 0.134 e. The summed E-state index contributed by atoms with van der Waals surface area (Å²) < 4.78 is 9.01. The lowest BCUT2D eigenvalue weighted by molar-refractivity contribution is -0.116. The fourth-order valence-electron chi connectivity index (χ4n) is 1.92. The molecule has 3 nitrogen and oxygen atoms in total. The van der Waals surface area contributed by atoms with Crippen LogP contribution in [0.5, 0.6) is 5.75 Å². The second kappa shape index (κ2) is 5.82. The van der Waals surface area contributed by atoms with Crippen LogP contribution in [0, 0.1) is 0 Å². The highest BCUT2D eigenvalue weighted by atomic mass is 127. The number of carbonyl (C=O) groups is 1. The van der Waals surface area contributed by atoms with Gasteiger partial charge in [0.05, 0.1) is 0 Å². The van der Waals surface area contributed by atoms with Crippen molar-refractivity contribution < 1.29 is 9.53 Å². The lowest BCUT2D eigenvalue weighted by atomic mass is 9.90. The zero-order valence-corrected chi connectivity index (χ0v) is 11.9. The topological polar surface area (TPSA) is 38.3 Å². The van der Waals surface area contributed by atoms with E-state index in [1.165, 1.54) is 0 Å². The Morgan fingerprint density at radius 3 is 2.59 bits per heavy atom. The number of benzene rings is 1. The summed E-state index contributed by atoms with van der Waals surface area (Å²) in [4.78, 5) is 11.0. The van der Waals surface area contributed by atoms with Crippen LogP contribution in [0.1, 0.15) is 25.3 Å². The van der Waals surface area contributed by atoms with Crippen molar-refractivity contribution in [1.82, 2.24) is 3.53 Å². The predicted octanol–water partition coefficient (Wildman–Crippen LogP) is 2.67. The van der Waals surface area contributed by atoms with Crippen molar-refractivity contribution in [3.63, 3.8) is 0 Å². The normalized spacial score (nSPS) is 22.9. The summed E-state index contributed by atoms with van der Waals surface area (Å²) in [5.41, 5.74) is 1.05. The molecular formula is C13H16INO2. The van der Waals surface area contributed by atoms with Gasteiger partial charge in [-0.2, -0.15) is 0 Å². The van der Waals surface area contributed by atoms with Gasteiger partial charge in [-0.05, 0) is 24.6 Å². The molecule has 1 N–H and O–H groups in total. The highest BCUT2D eigenvalue weighted by Gasteiger charge is 2.29. The Hall–Kier alpha value is -0.620. The molecule has 0 heterocycles. The molecule has 0 unspecified atom stereocenters. The monoisotopic (exact) mass is 345 g/mol. The van der Waals surface area contributed by atoms with Gasteiger partial charge < -0.3 is 4.74 Å². The number of carbonyl (C=O) groups excluding carboxylic acids is 1. The van der Waals surface area contributed by atoms with E-state index in [0.717, 1.165) is 24.2 Å². The largest absolute Gasteiger partial charge is 0.490 e. The number of rotatable bonds is 5. The van der Waals surface area contributed by atoms with Gasteiger partial charge in [-0.15, -0.1) is 0 Å². The number of ketones is 1. The van der Waals surface area contributed by atoms with E-state index >= 15 is 0 Å².